The summed E-state index contributed by atoms with van der Waals surface area (Å²) in [5.74, 6) is 0.0830. The third-order valence-corrected chi connectivity index (χ3v) is 4.30. The summed E-state index contributed by atoms with van der Waals surface area (Å²) in [5, 5.41) is 3.05. The summed E-state index contributed by atoms with van der Waals surface area (Å²) in [6.07, 6.45) is 0. The lowest BCUT2D eigenvalue weighted by Crippen LogP contribution is -2.52. The molecular formula is C16H22BrN3O3. The maximum Gasteiger partial charge on any atom is 0.253 e. The van der Waals surface area contributed by atoms with Gasteiger partial charge in [0.2, 0.25) is 5.91 Å². The average molecular weight is 384 g/mol. The molecule has 6 nitrogen and oxygen atoms in total. The van der Waals surface area contributed by atoms with E-state index in [-0.39, 0.29) is 11.8 Å². The number of methoxy groups -OCH3 is 1. The monoisotopic (exact) mass is 383 g/mol. The Morgan fingerprint density at radius 3 is 2.35 bits per heavy atom. The summed E-state index contributed by atoms with van der Waals surface area (Å²) in [4.78, 5) is 28.1. The lowest BCUT2D eigenvalue weighted by molar-refractivity contribution is -0.131. The van der Waals surface area contributed by atoms with Crippen molar-refractivity contribution in [3.05, 3.63) is 34.3 Å². The summed E-state index contributed by atoms with van der Waals surface area (Å²) in [6.45, 7) is 3.84. The number of carbonyl (C=O) groups is 2. The van der Waals surface area contributed by atoms with Crippen molar-refractivity contribution in [2.75, 3.05) is 53.0 Å². The van der Waals surface area contributed by atoms with Crippen LogP contribution in [0.15, 0.2) is 28.7 Å². The Labute approximate surface area is 144 Å². The number of amides is 2. The molecule has 0 aliphatic carbocycles. The Bertz CT molecular complexity index is 528. The first kappa shape index (κ1) is 17.9. The van der Waals surface area contributed by atoms with Crippen LogP contribution >= 0.6 is 15.9 Å². The van der Waals surface area contributed by atoms with Gasteiger partial charge in [0, 0.05) is 49.9 Å². The number of halogens is 1. The molecule has 1 aromatic carbocycles. The standard InChI is InChI=1S/C16H22BrN3O3/c1-23-11-6-18-12-15(21)19-7-9-20(10-8-19)16(22)13-2-4-14(17)5-3-13/h2-5,18H,6-12H2,1H3. The van der Waals surface area contributed by atoms with Crippen molar-refractivity contribution in [2.24, 2.45) is 0 Å². The summed E-state index contributed by atoms with van der Waals surface area (Å²) in [6, 6.07) is 7.34. The minimum atomic E-state index is 0.0165. The van der Waals surface area contributed by atoms with E-state index in [1.807, 2.05) is 24.3 Å². The molecule has 1 heterocycles. The first-order valence-electron chi connectivity index (χ1n) is 7.64. The third-order valence-electron chi connectivity index (χ3n) is 3.77. The zero-order valence-electron chi connectivity index (χ0n) is 13.3. The molecule has 0 bridgehead atoms. The van der Waals surface area contributed by atoms with Crippen LogP contribution in [0, 0.1) is 0 Å². The van der Waals surface area contributed by atoms with Crippen molar-refractivity contribution in [3.63, 3.8) is 0 Å². The second-order valence-electron chi connectivity index (χ2n) is 5.35. The van der Waals surface area contributed by atoms with Gasteiger partial charge in [-0.05, 0) is 24.3 Å². The molecule has 0 spiro atoms. The highest BCUT2D eigenvalue weighted by Crippen LogP contribution is 2.13. The van der Waals surface area contributed by atoms with Crippen molar-refractivity contribution in [1.82, 2.24) is 15.1 Å². The van der Waals surface area contributed by atoms with Crippen LogP contribution in [0.25, 0.3) is 0 Å². The van der Waals surface area contributed by atoms with Crippen molar-refractivity contribution in [1.29, 1.82) is 0 Å². The summed E-state index contributed by atoms with van der Waals surface area (Å²) < 4.78 is 5.87. The van der Waals surface area contributed by atoms with Crippen LogP contribution in [-0.2, 0) is 9.53 Å². The first-order chi connectivity index (χ1) is 11.1. The van der Waals surface area contributed by atoms with E-state index in [4.69, 9.17) is 4.74 Å². The van der Waals surface area contributed by atoms with Crippen LogP contribution < -0.4 is 5.32 Å². The molecule has 7 heteroatoms. The van der Waals surface area contributed by atoms with Crippen LogP contribution in [0.5, 0.6) is 0 Å². The number of nitrogens with one attached hydrogen (secondary N) is 1. The van der Waals surface area contributed by atoms with Crippen LogP contribution in [0.4, 0.5) is 0 Å². The van der Waals surface area contributed by atoms with Gasteiger partial charge in [0.1, 0.15) is 0 Å². The van der Waals surface area contributed by atoms with Gasteiger partial charge in [0.05, 0.1) is 13.2 Å². The second kappa shape index (κ2) is 9.00. The van der Waals surface area contributed by atoms with Gasteiger partial charge in [-0.3, -0.25) is 9.59 Å². The van der Waals surface area contributed by atoms with Gasteiger partial charge in [0.15, 0.2) is 0 Å². The van der Waals surface area contributed by atoms with Crippen LogP contribution in [0.3, 0.4) is 0 Å². The van der Waals surface area contributed by atoms with E-state index >= 15 is 0 Å². The molecule has 0 aromatic heterocycles. The summed E-state index contributed by atoms with van der Waals surface area (Å²) >= 11 is 3.36. The molecule has 1 aliphatic rings. The Balaban J connectivity index is 1.78. The van der Waals surface area contributed by atoms with E-state index in [9.17, 15) is 9.59 Å². The van der Waals surface area contributed by atoms with Crippen molar-refractivity contribution in [3.8, 4) is 0 Å². The predicted molar refractivity (Wildman–Crippen MR) is 91.4 cm³/mol. The Morgan fingerprint density at radius 1 is 1.13 bits per heavy atom. The minimum Gasteiger partial charge on any atom is -0.383 e. The first-order valence-corrected chi connectivity index (χ1v) is 8.43. The molecule has 1 aromatic rings. The average Bonchev–Trinajstić information content (AvgIpc) is 2.59. The highest BCUT2D eigenvalue weighted by Gasteiger charge is 2.24. The summed E-state index contributed by atoms with van der Waals surface area (Å²) in [5.41, 5.74) is 0.675. The molecule has 1 saturated heterocycles. The number of rotatable bonds is 6. The van der Waals surface area contributed by atoms with E-state index in [1.165, 1.54) is 0 Å². The fourth-order valence-electron chi connectivity index (χ4n) is 2.42. The quantitative estimate of drug-likeness (QED) is 0.743. The molecule has 126 valence electrons. The van der Waals surface area contributed by atoms with Gasteiger partial charge < -0.3 is 19.9 Å². The molecule has 1 fully saturated rings. The maximum atomic E-state index is 12.4. The number of carbonyl (C=O) groups excluding carboxylic acids is 2. The molecule has 23 heavy (non-hydrogen) atoms. The molecule has 2 rings (SSSR count). The van der Waals surface area contributed by atoms with Crippen molar-refractivity contribution in [2.45, 2.75) is 0 Å². The van der Waals surface area contributed by atoms with E-state index in [1.54, 1.807) is 16.9 Å². The molecule has 0 unspecified atom stereocenters. The highest BCUT2D eigenvalue weighted by molar-refractivity contribution is 9.10. The van der Waals surface area contributed by atoms with E-state index in [0.717, 1.165) is 4.47 Å². The number of nitrogens with zero attached hydrogens (tertiary/aromatic N) is 2. The zero-order valence-corrected chi connectivity index (χ0v) is 14.8. The van der Waals surface area contributed by atoms with Gasteiger partial charge in [-0.1, -0.05) is 15.9 Å². The van der Waals surface area contributed by atoms with Gasteiger partial charge in [0.25, 0.3) is 5.91 Å². The fraction of sp³-hybridized carbons (Fsp3) is 0.500. The minimum absolute atomic E-state index is 0.0165. The number of hydrogen-bond acceptors (Lipinski definition) is 4. The van der Waals surface area contributed by atoms with E-state index < -0.39 is 0 Å². The van der Waals surface area contributed by atoms with E-state index in [2.05, 4.69) is 21.2 Å². The molecule has 2 amide bonds. The lowest BCUT2D eigenvalue weighted by atomic mass is 10.2. The molecule has 0 atom stereocenters. The molecule has 1 aliphatic heterocycles. The normalized spacial score (nSPS) is 14.9. The van der Waals surface area contributed by atoms with Gasteiger partial charge in [-0.25, -0.2) is 0 Å². The van der Waals surface area contributed by atoms with Crippen molar-refractivity contribution >= 4 is 27.7 Å². The van der Waals surface area contributed by atoms with Crippen LogP contribution in [0.2, 0.25) is 0 Å². The molecule has 1 N–H and O–H groups in total. The van der Waals surface area contributed by atoms with Crippen LogP contribution in [-0.4, -0.2) is 74.6 Å². The maximum absolute atomic E-state index is 12.4. The van der Waals surface area contributed by atoms with Gasteiger partial charge >= 0.3 is 0 Å². The van der Waals surface area contributed by atoms with Crippen LogP contribution in [0.1, 0.15) is 10.4 Å². The second-order valence-corrected chi connectivity index (χ2v) is 6.27. The predicted octanol–water partition coefficient (Wildman–Crippen LogP) is 0.970. The van der Waals surface area contributed by atoms with Crippen molar-refractivity contribution < 1.29 is 14.3 Å². The Morgan fingerprint density at radius 2 is 1.74 bits per heavy atom. The fourth-order valence-corrected chi connectivity index (χ4v) is 2.68. The highest BCUT2D eigenvalue weighted by atomic mass is 79.9. The third kappa shape index (κ3) is 5.30. The van der Waals surface area contributed by atoms with Gasteiger partial charge in [-0.15, -0.1) is 0 Å². The Kier molecular flexibility index (Phi) is 7.01. The Hall–Kier alpha value is -1.44. The lowest BCUT2D eigenvalue weighted by Gasteiger charge is -2.35. The number of hydrogen-bond donors (Lipinski definition) is 1. The number of benzene rings is 1. The largest absolute Gasteiger partial charge is 0.383 e. The van der Waals surface area contributed by atoms with Gasteiger partial charge in [-0.2, -0.15) is 0 Å². The SMILES string of the molecule is COCCNCC(=O)N1CCN(C(=O)c2ccc(Br)cc2)CC1. The smallest absolute Gasteiger partial charge is 0.253 e. The zero-order chi connectivity index (χ0) is 16.7. The number of piperazine rings is 1. The molecule has 0 saturated carbocycles. The summed E-state index contributed by atoms with van der Waals surface area (Å²) in [7, 11) is 1.63. The molecular weight excluding hydrogens is 362 g/mol. The molecule has 0 radical (unpaired) electrons. The topological polar surface area (TPSA) is 61.9 Å². The number of ether oxygens (including phenoxy) is 1. The van der Waals surface area contributed by atoms with E-state index in [0.29, 0.717) is 51.4 Å².